The van der Waals surface area contributed by atoms with Gasteiger partial charge in [-0.2, -0.15) is 0 Å². The molecular weight excluding hydrogens is 238 g/mol. The van der Waals surface area contributed by atoms with Crippen LogP contribution in [0, 0.1) is 0 Å². The van der Waals surface area contributed by atoms with Crippen molar-refractivity contribution in [2.75, 3.05) is 31.1 Å². The van der Waals surface area contributed by atoms with Crippen LogP contribution in [0.4, 0.5) is 9.93 Å². The maximum Gasteiger partial charge on any atom is 0.407 e. The molecule has 1 amide bonds. The summed E-state index contributed by atoms with van der Waals surface area (Å²) in [6.07, 6.45) is -0.827. The molecule has 1 N–H and O–H groups in total. The van der Waals surface area contributed by atoms with Crippen LogP contribution in [0.15, 0.2) is 5.38 Å². The second-order valence-electron chi connectivity index (χ2n) is 4.47. The van der Waals surface area contributed by atoms with Gasteiger partial charge in [0.2, 0.25) is 0 Å². The number of nitrogens with zero attached hydrogens (tertiary/aromatic N) is 3. The molecule has 2 heterocycles. The molecule has 1 aliphatic heterocycles. The number of anilines is 1. The van der Waals surface area contributed by atoms with Crippen molar-refractivity contribution in [3.63, 3.8) is 0 Å². The minimum Gasteiger partial charge on any atom is -0.465 e. The van der Waals surface area contributed by atoms with E-state index in [9.17, 15) is 4.79 Å². The van der Waals surface area contributed by atoms with Crippen LogP contribution in [0.1, 0.15) is 25.5 Å². The zero-order valence-electron chi connectivity index (χ0n) is 10.1. The highest BCUT2D eigenvalue weighted by molar-refractivity contribution is 7.13. The van der Waals surface area contributed by atoms with Crippen LogP contribution in [0.5, 0.6) is 0 Å². The Balaban J connectivity index is 1.98. The van der Waals surface area contributed by atoms with Crippen LogP contribution in [-0.4, -0.2) is 47.3 Å². The third kappa shape index (κ3) is 2.69. The van der Waals surface area contributed by atoms with Gasteiger partial charge in [-0.3, -0.25) is 0 Å². The molecule has 0 saturated carbocycles. The summed E-state index contributed by atoms with van der Waals surface area (Å²) in [7, 11) is 0. The van der Waals surface area contributed by atoms with Gasteiger partial charge >= 0.3 is 6.09 Å². The maximum absolute atomic E-state index is 10.8. The molecular formula is C11H17N3O2S. The number of hydrogen-bond acceptors (Lipinski definition) is 4. The second-order valence-corrected chi connectivity index (χ2v) is 5.30. The first-order chi connectivity index (χ1) is 8.08. The summed E-state index contributed by atoms with van der Waals surface area (Å²) in [4.78, 5) is 19.0. The standard InChI is InChI=1S/C11H17N3O2S/c1-8(2)9-7-17-10(12-9)13-3-5-14(6-4-13)11(15)16/h7-8H,3-6H2,1-2H3,(H,15,16). The van der Waals surface area contributed by atoms with E-state index in [1.807, 2.05) is 0 Å². The molecule has 0 bridgehead atoms. The van der Waals surface area contributed by atoms with Gasteiger partial charge in [-0.05, 0) is 5.92 Å². The average Bonchev–Trinajstić information content (AvgIpc) is 2.78. The van der Waals surface area contributed by atoms with Gasteiger partial charge < -0.3 is 14.9 Å². The van der Waals surface area contributed by atoms with E-state index in [0.29, 0.717) is 19.0 Å². The van der Waals surface area contributed by atoms with E-state index in [2.05, 4.69) is 29.1 Å². The number of piperazine rings is 1. The van der Waals surface area contributed by atoms with Crippen molar-refractivity contribution in [2.24, 2.45) is 0 Å². The first-order valence-electron chi connectivity index (χ1n) is 5.76. The highest BCUT2D eigenvalue weighted by atomic mass is 32.1. The van der Waals surface area contributed by atoms with Gasteiger partial charge in [0.15, 0.2) is 5.13 Å². The van der Waals surface area contributed by atoms with Crippen molar-refractivity contribution in [3.05, 3.63) is 11.1 Å². The highest BCUT2D eigenvalue weighted by Crippen LogP contribution is 2.25. The Morgan fingerprint density at radius 3 is 2.53 bits per heavy atom. The fraction of sp³-hybridized carbons (Fsp3) is 0.636. The van der Waals surface area contributed by atoms with Crippen molar-refractivity contribution in [1.82, 2.24) is 9.88 Å². The number of aromatic nitrogens is 1. The predicted molar refractivity (Wildman–Crippen MR) is 68.0 cm³/mol. The molecule has 1 saturated heterocycles. The summed E-state index contributed by atoms with van der Waals surface area (Å²) in [6, 6.07) is 0. The number of hydrogen-bond donors (Lipinski definition) is 1. The molecule has 0 atom stereocenters. The fourth-order valence-electron chi connectivity index (χ4n) is 1.78. The van der Waals surface area contributed by atoms with E-state index in [-0.39, 0.29) is 0 Å². The van der Waals surface area contributed by atoms with Gasteiger partial charge in [0, 0.05) is 31.6 Å². The molecule has 1 aliphatic rings. The molecule has 6 heteroatoms. The molecule has 2 rings (SSSR count). The Hall–Kier alpha value is -1.30. The van der Waals surface area contributed by atoms with Crippen LogP contribution in [-0.2, 0) is 0 Å². The third-order valence-electron chi connectivity index (χ3n) is 2.92. The normalized spacial score (nSPS) is 16.6. The van der Waals surface area contributed by atoms with Crippen molar-refractivity contribution >= 4 is 22.6 Å². The molecule has 1 fully saturated rings. The lowest BCUT2D eigenvalue weighted by Crippen LogP contribution is -2.48. The first kappa shape index (κ1) is 12.2. The highest BCUT2D eigenvalue weighted by Gasteiger charge is 2.22. The van der Waals surface area contributed by atoms with Crippen molar-refractivity contribution in [1.29, 1.82) is 0 Å². The van der Waals surface area contributed by atoms with E-state index in [1.165, 1.54) is 4.90 Å². The summed E-state index contributed by atoms with van der Waals surface area (Å²) < 4.78 is 0. The largest absolute Gasteiger partial charge is 0.465 e. The maximum atomic E-state index is 10.8. The Kier molecular flexibility index (Phi) is 3.51. The lowest BCUT2D eigenvalue weighted by Gasteiger charge is -2.32. The second kappa shape index (κ2) is 4.91. The van der Waals surface area contributed by atoms with Gasteiger partial charge in [-0.25, -0.2) is 9.78 Å². The van der Waals surface area contributed by atoms with E-state index >= 15 is 0 Å². The Bertz CT molecular complexity index is 397. The molecule has 0 spiro atoms. The van der Waals surface area contributed by atoms with Crippen molar-refractivity contribution in [2.45, 2.75) is 19.8 Å². The Labute approximate surface area is 105 Å². The Morgan fingerprint density at radius 2 is 2.06 bits per heavy atom. The number of rotatable bonds is 2. The summed E-state index contributed by atoms with van der Waals surface area (Å²) >= 11 is 1.64. The van der Waals surface area contributed by atoms with Gasteiger partial charge in [-0.15, -0.1) is 11.3 Å². The lowest BCUT2D eigenvalue weighted by molar-refractivity contribution is 0.142. The zero-order valence-corrected chi connectivity index (χ0v) is 10.9. The van der Waals surface area contributed by atoms with Crippen LogP contribution >= 0.6 is 11.3 Å². The SMILES string of the molecule is CC(C)c1csc(N2CCN(C(=O)O)CC2)n1. The average molecular weight is 255 g/mol. The molecule has 0 aromatic carbocycles. The summed E-state index contributed by atoms with van der Waals surface area (Å²) in [5, 5.41) is 12.0. The number of thiazole rings is 1. The minimum atomic E-state index is -0.827. The molecule has 1 aromatic rings. The topological polar surface area (TPSA) is 56.7 Å². The van der Waals surface area contributed by atoms with Gasteiger partial charge in [-0.1, -0.05) is 13.8 Å². The number of carboxylic acid groups (broad SMARTS) is 1. The molecule has 0 aliphatic carbocycles. The molecule has 1 aromatic heterocycles. The number of carbonyl (C=O) groups is 1. The van der Waals surface area contributed by atoms with Gasteiger partial charge in [0.1, 0.15) is 0 Å². The molecule has 0 unspecified atom stereocenters. The number of amides is 1. The molecule has 0 radical (unpaired) electrons. The van der Waals surface area contributed by atoms with Crippen molar-refractivity contribution in [3.8, 4) is 0 Å². The van der Waals surface area contributed by atoms with E-state index < -0.39 is 6.09 Å². The lowest BCUT2D eigenvalue weighted by atomic mass is 10.2. The predicted octanol–water partition coefficient (Wildman–Crippen LogP) is 2.07. The fourth-order valence-corrected chi connectivity index (χ4v) is 2.82. The van der Waals surface area contributed by atoms with Crippen LogP contribution in [0.2, 0.25) is 0 Å². The zero-order chi connectivity index (χ0) is 12.4. The summed E-state index contributed by atoms with van der Waals surface area (Å²) in [6.45, 7) is 6.84. The van der Waals surface area contributed by atoms with E-state index in [1.54, 1.807) is 11.3 Å². The first-order valence-corrected chi connectivity index (χ1v) is 6.64. The quantitative estimate of drug-likeness (QED) is 0.879. The monoisotopic (exact) mass is 255 g/mol. The van der Waals surface area contributed by atoms with Gasteiger partial charge in [0.25, 0.3) is 0 Å². The summed E-state index contributed by atoms with van der Waals surface area (Å²) in [5.74, 6) is 0.445. The van der Waals surface area contributed by atoms with E-state index in [4.69, 9.17) is 5.11 Å². The van der Waals surface area contributed by atoms with Crippen LogP contribution < -0.4 is 4.90 Å². The van der Waals surface area contributed by atoms with Crippen LogP contribution in [0.3, 0.4) is 0 Å². The van der Waals surface area contributed by atoms with Crippen molar-refractivity contribution < 1.29 is 9.90 Å². The molecule has 94 valence electrons. The third-order valence-corrected chi connectivity index (χ3v) is 3.84. The van der Waals surface area contributed by atoms with E-state index in [0.717, 1.165) is 23.9 Å². The van der Waals surface area contributed by atoms with Gasteiger partial charge in [0.05, 0.1) is 5.69 Å². The minimum absolute atomic E-state index is 0.445. The molecule has 17 heavy (non-hydrogen) atoms. The van der Waals surface area contributed by atoms with Crippen LogP contribution in [0.25, 0.3) is 0 Å². The summed E-state index contributed by atoms with van der Waals surface area (Å²) in [5.41, 5.74) is 1.12. The molecule has 5 nitrogen and oxygen atoms in total. The smallest absolute Gasteiger partial charge is 0.407 e. The Morgan fingerprint density at radius 1 is 1.41 bits per heavy atom.